The second-order valence-electron chi connectivity index (χ2n) is 7.39. The Bertz CT molecular complexity index is 1330. The summed E-state index contributed by atoms with van der Waals surface area (Å²) in [5.74, 6) is 0. The maximum atomic E-state index is 4.66. The molecule has 0 aliphatic heterocycles. The zero-order chi connectivity index (χ0) is 21.0. The molecule has 31 heavy (non-hydrogen) atoms. The topological polar surface area (TPSA) is 42.2 Å². The molecule has 0 aliphatic carbocycles. The van der Waals surface area contributed by atoms with E-state index in [9.17, 15) is 0 Å². The summed E-state index contributed by atoms with van der Waals surface area (Å²) >= 11 is 1.56. The zero-order valence-electron chi connectivity index (χ0n) is 17.2. The van der Waals surface area contributed by atoms with Crippen molar-refractivity contribution in [1.29, 1.82) is 0 Å². The van der Waals surface area contributed by atoms with Gasteiger partial charge in [0, 0.05) is 40.2 Å². The maximum absolute atomic E-state index is 4.66. The van der Waals surface area contributed by atoms with Crippen LogP contribution in [0.5, 0.6) is 0 Å². The number of thiazole rings is 1. The van der Waals surface area contributed by atoms with Gasteiger partial charge in [0.15, 0.2) is 0 Å². The van der Waals surface area contributed by atoms with Crippen LogP contribution in [0.25, 0.3) is 22.2 Å². The molecule has 0 spiro atoms. The van der Waals surface area contributed by atoms with E-state index in [0.717, 1.165) is 34.2 Å². The summed E-state index contributed by atoms with van der Waals surface area (Å²) in [6, 6.07) is 29.2. The Morgan fingerprint density at radius 2 is 1.65 bits per heavy atom. The first-order valence-corrected chi connectivity index (χ1v) is 11.1. The number of aromatic nitrogens is 2. The highest BCUT2D eigenvalue weighted by molar-refractivity contribution is 7.14. The van der Waals surface area contributed by atoms with Gasteiger partial charge in [0.1, 0.15) is 0 Å². The molecule has 0 saturated heterocycles. The molecule has 5 rings (SSSR count). The highest BCUT2D eigenvalue weighted by Crippen LogP contribution is 2.26. The monoisotopic (exact) mass is 422 g/mol. The van der Waals surface area contributed by atoms with E-state index in [1.807, 2.05) is 36.6 Å². The van der Waals surface area contributed by atoms with Crippen LogP contribution in [0.15, 0.2) is 102 Å². The van der Waals surface area contributed by atoms with Gasteiger partial charge in [-0.05, 0) is 18.6 Å². The van der Waals surface area contributed by atoms with Crippen molar-refractivity contribution < 1.29 is 0 Å². The number of anilines is 1. The van der Waals surface area contributed by atoms with Gasteiger partial charge in [-0.25, -0.2) is 4.98 Å². The van der Waals surface area contributed by atoms with Gasteiger partial charge in [-0.2, -0.15) is 5.10 Å². The van der Waals surface area contributed by atoms with Crippen molar-refractivity contribution in [1.82, 2.24) is 9.55 Å². The minimum atomic E-state index is 0.784. The number of benzene rings is 3. The zero-order valence-corrected chi connectivity index (χ0v) is 18.0. The molecule has 1 N–H and O–H groups in total. The Balaban J connectivity index is 1.41. The molecule has 0 fully saturated rings. The van der Waals surface area contributed by atoms with Crippen molar-refractivity contribution in [2.45, 2.75) is 13.5 Å². The quantitative estimate of drug-likeness (QED) is 0.246. The van der Waals surface area contributed by atoms with Gasteiger partial charge >= 0.3 is 0 Å². The molecule has 0 saturated carbocycles. The van der Waals surface area contributed by atoms with E-state index in [0.29, 0.717) is 0 Å². The molecular weight excluding hydrogens is 400 g/mol. The molecule has 3 aromatic carbocycles. The molecule has 5 heteroatoms. The molecule has 2 heterocycles. The fraction of sp³-hybridized carbons (Fsp3) is 0.0769. The molecule has 2 aromatic heterocycles. The molecule has 0 amide bonds. The lowest BCUT2D eigenvalue weighted by Gasteiger charge is -2.05. The van der Waals surface area contributed by atoms with E-state index in [2.05, 4.69) is 86.9 Å². The lowest BCUT2D eigenvalue weighted by molar-refractivity contribution is 0.836. The van der Waals surface area contributed by atoms with E-state index in [4.69, 9.17) is 0 Å². The van der Waals surface area contributed by atoms with Crippen LogP contribution in [0, 0.1) is 0 Å². The molecule has 0 aliphatic rings. The van der Waals surface area contributed by atoms with Gasteiger partial charge in [-0.15, -0.1) is 11.3 Å². The van der Waals surface area contributed by atoms with Crippen molar-refractivity contribution in [3.63, 3.8) is 0 Å². The largest absolute Gasteiger partial charge is 0.342 e. The van der Waals surface area contributed by atoms with Crippen molar-refractivity contribution in [2.24, 2.45) is 5.10 Å². The fourth-order valence-electron chi connectivity index (χ4n) is 3.70. The van der Waals surface area contributed by atoms with Gasteiger partial charge < -0.3 is 4.57 Å². The van der Waals surface area contributed by atoms with Crippen molar-refractivity contribution in [3.8, 4) is 11.3 Å². The van der Waals surface area contributed by atoms with Gasteiger partial charge in [-0.1, -0.05) is 78.9 Å². The third-order valence-corrected chi connectivity index (χ3v) is 6.01. The smallest absolute Gasteiger partial charge is 0.203 e. The Labute approximate surface area is 185 Å². The van der Waals surface area contributed by atoms with E-state index < -0.39 is 0 Å². The molecule has 152 valence electrons. The number of para-hydroxylation sites is 1. The van der Waals surface area contributed by atoms with Crippen LogP contribution < -0.4 is 5.43 Å². The molecule has 0 atom stereocenters. The standard InChI is InChI=1S/C26H22N4S/c1-19(28-29-26-27-24(18-31-26)21-12-6-3-7-13-21)23-17-30(16-20-10-4-2-5-11-20)25-15-9-8-14-22(23)25/h2-15,17-18H,16H2,1H3,(H,27,29)/b28-19-. The number of fused-ring (bicyclic) bond motifs is 1. The molecule has 4 nitrogen and oxygen atoms in total. The van der Waals surface area contributed by atoms with Crippen molar-refractivity contribution in [3.05, 3.63) is 108 Å². The number of hydrogen-bond donors (Lipinski definition) is 1. The molecule has 5 aromatic rings. The Hall–Kier alpha value is -3.70. The summed E-state index contributed by atoms with van der Waals surface area (Å²) in [6.45, 7) is 2.86. The van der Waals surface area contributed by atoms with Gasteiger partial charge in [0.2, 0.25) is 5.13 Å². The minimum Gasteiger partial charge on any atom is -0.342 e. The van der Waals surface area contributed by atoms with Crippen LogP contribution in [0.2, 0.25) is 0 Å². The van der Waals surface area contributed by atoms with Crippen LogP contribution in [-0.4, -0.2) is 15.3 Å². The van der Waals surface area contributed by atoms with E-state index >= 15 is 0 Å². The van der Waals surface area contributed by atoms with Crippen LogP contribution in [0.1, 0.15) is 18.1 Å². The SMILES string of the molecule is C/C(=N/Nc1nc(-c2ccccc2)cs1)c1cn(Cc2ccccc2)c2ccccc12. The first kappa shape index (κ1) is 19.3. The lowest BCUT2D eigenvalue weighted by Crippen LogP contribution is -2.00. The van der Waals surface area contributed by atoms with Gasteiger partial charge in [0.05, 0.1) is 11.4 Å². The number of nitrogens with one attached hydrogen (secondary N) is 1. The molecule has 0 unspecified atom stereocenters. The van der Waals surface area contributed by atoms with Crippen LogP contribution in [0.4, 0.5) is 5.13 Å². The highest BCUT2D eigenvalue weighted by Gasteiger charge is 2.11. The summed E-state index contributed by atoms with van der Waals surface area (Å²) < 4.78 is 2.29. The third kappa shape index (κ3) is 4.13. The number of nitrogens with zero attached hydrogens (tertiary/aromatic N) is 3. The number of hydrogen-bond acceptors (Lipinski definition) is 4. The van der Waals surface area contributed by atoms with Gasteiger partial charge in [-0.3, -0.25) is 5.43 Å². The second kappa shape index (κ2) is 8.58. The summed E-state index contributed by atoms with van der Waals surface area (Å²) in [5, 5.41) is 8.68. The molecule has 0 bridgehead atoms. The van der Waals surface area contributed by atoms with Gasteiger partial charge in [0.25, 0.3) is 0 Å². The van der Waals surface area contributed by atoms with Crippen LogP contribution >= 0.6 is 11.3 Å². The molecule has 0 radical (unpaired) electrons. The maximum Gasteiger partial charge on any atom is 0.203 e. The van der Waals surface area contributed by atoms with Crippen molar-refractivity contribution >= 4 is 33.1 Å². The minimum absolute atomic E-state index is 0.784. The van der Waals surface area contributed by atoms with Crippen LogP contribution in [-0.2, 0) is 6.54 Å². The summed E-state index contributed by atoms with van der Waals surface area (Å²) in [5.41, 5.74) is 9.75. The third-order valence-electron chi connectivity index (χ3n) is 5.27. The number of hydrazone groups is 1. The fourth-order valence-corrected chi connectivity index (χ4v) is 4.37. The summed E-state index contributed by atoms with van der Waals surface area (Å²) in [6.07, 6.45) is 2.19. The Kier molecular flexibility index (Phi) is 5.33. The van der Waals surface area contributed by atoms with E-state index in [1.165, 1.54) is 16.5 Å². The van der Waals surface area contributed by atoms with Crippen LogP contribution in [0.3, 0.4) is 0 Å². The van der Waals surface area contributed by atoms with Crippen molar-refractivity contribution in [2.75, 3.05) is 5.43 Å². The van der Waals surface area contributed by atoms with E-state index in [-0.39, 0.29) is 0 Å². The van der Waals surface area contributed by atoms with E-state index in [1.54, 1.807) is 11.3 Å². The summed E-state index contributed by atoms with van der Waals surface area (Å²) in [4.78, 5) is 4.66. The normalized spacial score (nSPS) is 11.7. The summed E-state index contributed by atoms with van der Waals surface area (Å²) in [7, 11) is 0. The average molecular weight is 423 g/mol. The Morgan fingerprint density at radius 1 is 0.935 bits per heavy atom. The predicted molar refractivity (Wildman–Crippen MR) is 131 cm³/mol. The Morgan fingerprint density at radius 3 is 2.45 bits per heavy atom. The first-order chi connectivity index (χ1) is 15.3. The highest BCUT2D eigenvalue weighted by atomic mass is 32.1. The average Bonchev–Trinajstić information content (AvgIpc) is 3.44. The number of rotatable bonds is 6. The molecular formula is C26H22N4S. The first-order valence-electron chi connectivity index (χ1n) is 10.2. The lowest BCUT2D eigenvalue weighted by atomic mass is 10.1. The second-order valence-corrected chi connectivity index (χ2v) is 8.24. The predicted octanol–water partition coefficient (Wildman–Crippen LogP) is 6.65.